The summed E-state index contributed by atoms with van der Waals surface area (Å²) < 4.78 is 50.6. The number of hydrogen-bond donors (Lipinski definition) is 1. The van der Waals surface area contributed by atoms with Crippen LogP contribution in [0, 0.1) is 18.2 Å². The highest BCUT2D eigenvalue weighted by Gasteiger charge is 2.45. The molecule has 1 amide bonds. The van der Waals surface area contributed by atoms with Crippen molar-refractivity contribution >= 4 is 34.7 Å². The number of aliphatic imine (C=N–C) groups is 1. The van der Waals surface area contributed by atoms with Gasteiger partial charge in [-0.05, 0) is 37.6 Å². The van der Waals surface area contributed by atoms with Crippen LogP contribution >= 0.6 is 0 Å². The van der Waals surface area contributed by atoms with Crippen LogP contribution in [0.4, 0.5) is 14.5 Å². The average molecular weight is 526 g/mol. The molecule has 2 aromatic carbocycles. The molecule has 1 N–H and O–H groups in total. The van der Waals surface area contributed by atoms with E-state index in [2.05, 4.69) is 16.6 Å². The van der Waals surface area contributed by atoms with Gasteiger partial charge in [0.2, 0.25) is 5.91 Å². The number of methoxy groups -OCH3 is 1. The van der Waals surface area contributed by atoms with Gasteiger partial charge in [-0.1, -0.05) is 6.58 Å². The van der Waals surface area contributed by atoms with Gasteiger partial charge in [0.15, 0.2) is 29.5 Å². The van der Waals surface area contributed by atoms with Crippen LogP contribution in [0.2, 0.25) is 0 Å². The first-order valence-electron chi connectivity index (χ1n) is 12.3. The Bertz CT molecular complexity index is 1410. The molecule has 8 nitrogen and oxygen atoms in total. The molecule has 0 bridgehead atoms. The van der Waals surface area contributed by atoms with Crippen molar-refractivity contribution in [2.24, 2.45) is 10.4 Å². The molecule has 38 heavy (non-hydrogen) atoms. The molecule has 3 heterocycles. The number of aryl methyl sites for hydroxylation is 1. The molecule has 0 atom stereocenters. The molecule has 0 aliphatic carbocycles. The lowest BCUT2D eigenvalue weighted by Gasteiger charge is -2.37. The normalized spacial score (nSPS) is 16.3. The highest BCUT2D eigenvalue weighted by Crippen LogP contribution is 2.40. The van der Waals surface area contributed by atoms with Crippen LogP contribution in [0.3, 0.4) is 0 Å². The van der Waals surface area contributed by atoms with E-state index in [9.17, 15) is 9.18 Å². The third kappa shape index (κ3) is 4.96. The van der Waals surface area contributed by atoms with Crippen molar-refractivity contribution < 1.29 is 32.5 Å². The summed E-state index contributed by atoms with van der Waals surface area (Å²) >= 11 is 0. The van der Waals surface area contributed by atoms with Crippen molar-refractivity contribution in [3.63, 3.8) is 0 Å². The molecule has 3 aromatic rings. The van der Waals surface area contributed by atoms with E-state index >= 15 is 4.39 Å². The summed E-state index contributed by atoms with van der Waals surface area (Å²) in [6.45, 7) is 8.80. The number of halogens is 2. The number of rotatable bonds is 9. The zero-order valence-corrected chi connectivity index (χ0v) is 21.3. The molecule has 200 valence electrons. The summed E-state index contributed by atoms with van der Waals surface area (Å²) in [6.07, 6.45) is 1.13. The lowest BCUT2D eigenvalue weighted by Crippen LogP contribution is -2.45. The first kappa shape index (κ1) is 25.7. The van der Waals surface area contributed by atoms with Crippen molar-refractivity contribution in [1.29, 1.82) is 0 Å². The van der Waals surface area contributed by atoms with Gasteiger partial charge in [0, 0.05) is 46.7 Å². The van der Waals surface area contributed by atoms with Crippen LogP contribution in [0.15, 0.2) is 41.9 Å². The van der Waals surface area contributed by atoms with Crippen LogP contribution < -0.4 is 14.2 Å². The number of fused-ring (bicyclic) bond motifs is 1. The second-order valence-electron chi connectivity index (χ2n) is 9.72. The fourth-order valence-electron chi connectivity index (χ4n) is 4.94. The summed E-state index contributed by atoms with van der Waals surface area (Å²) in [5.74, 6) is 0.0430. The van der Waals surface area contributed by atoms with Gasteiger partial charge in [0.05, 0.1) is 39.0 Å². The van der Waals surface area contributed by atoms with Gasteiger partial charge < -0.3 is 28.8 Å². The van der Waals surface area contributed by atoms with E-state index in [0.29, 0.717) is 36.4 Å². The van der Waals surface area contributed by atoms with Crippen LogP contribution in [0.5, 0.6) is 17.2 Å². The third-order valence-electron chi connectivity index (χ3n) is 7.02. The quantitative estimate of drug-likeness (QED) is 0.302. The van der Waals surface area contributed by atoms with E-state index in [1.807, 2.05) is 11.8 Å². The van der Waals surface area contributed by atoms with E-state index in [0.717, 1.165) is 18.7 Å². The molecular weight excluding hydrogens is 496 g/mol. The summed E-state index contributed by atoms with van der Waals surface area (Å²) in [6, 6.07) is 7.87. The zero-order chi connectivity index (χ0) is 26.9. The molecule has 2 saturated heterocycles. The minimum atomic E-state index is -0.547. The Balaban J connectivity index is 1.29. The summed E-state index contributed by atoms with van der Waals surface area (Å²) in [7, 11) is 1.45. The van der Waals surface area contributed by atoms with Crippen molar-refractivity contribution in [2.75, 3.05) is 40.0 Å². The predicted octanol–water partition coefficient (Wildman–Crippen LogP) is 5.32. The Morgan fingerprint density at radius 1 is 1.26 bits per heavy atom. The maximum absolute atomic E-state index is 15.0. The fourth-order valence-corrected chi connectivity index (χ4v) is 4.94. The van der Waals surface area contributed by atoms with Crippen molar-refractivity contribution in [1.82, 2.24) is 9.88 Å². The van der Waals surface area contributed by atoms with Gasteiger partial charge in [-0.25, -0.2) is 9.38 Å². The van der Waals surface area contributed by atoms with Crippen LogP contribution in [-0.2, 0) is 9.53 Å². The summed E-state index contributed by atoms with van der Waals surface area (Å²) in [4.78, 5) is 21.3. The number of likely N-dealkylation sites (tertiary alicyclic amines) is 1. The fraction of sp³-hybridized carbons (Fsp3) is 0.357. The van der Waals surface area contributed by atoms with Gasteiger partial charge in [-0.2, -0.15) is 4.39 Å². The van der Waals surface area contributed by atoms with E-state index < -0.39 is 5.82 Å². The number of carbonyl (C=O) groups excluding carboxylic acids is 1. The van der Waals surface area contributed by atoms with E-state index in [1.54, 1.807) is 12.1 Å². The monoisotopic (exact) mass is 525 g/mol. The van der Waals surface area contributed by atoms with Gasteiger partial charge in [0.1, 0.15) is 5.76 Å². The number of aromatic amines is 1. The van der Waals surface area contributed by atoms with E-state index in [-0.39, 0.29) is 59.3 Å². The summed E-state index contributed by atoms with van der Waals surface area (Å²) in [5.41, 5.74) is 2.01. The number of hydrogen-bond acceptors (Lipinski definition) is 6. The number of H-pyrrole nitrogens is 1. The Morgan fingerprint density at radius 2 is 2.08 bits per heavy atom. The highest BCUT2D eigenvalue weighted by molar-refractivity contribution is 5.84. The number of benzene rings is 2. The van der Waals surface area contributed by atoms with Crippen molar-refractivity contribution in [3.05, 3.63) is 54.0 Å². The second-order valence-corrected chi connectivity index (χ2v) is 9.72. The largest absolute Gasteiger partial charge is 0.493 e. The maximum atomic E-state index is 15.0. The first-order chi connectivity index (χ1) is 18.3. The van der Waals surface area contributed by atoms with Gasteiger partial charge >= 0.3 is 0 Å². The number of nitrogens with one attached hydrogen (secondary N) is 1. The van der Waals surface area contributed by atoms with Gasteiger partial charge in [-0.15, -0.1) is 0 Å². The Labute approximate surface area is 218 Å². The maximum Gasteiger partial charge on any atom is 0.226 e. The number of ether oxygens (including phenoxy) is 4. The van der Waals surface area contributed by atoms with Crippen LogP contribution in [0.1, 0.15) is 24.1 Å². The van der Waals surface area contributed by atoms with Crippen molar-refractivity contribution in [3.8, 4) is 17.2 Å². The van der Waals surface area contributed by atoms with Gasteiger partial charge in [-0.3, -0.25) is 4.79 Å². The first-order valence-corrected chi connectivity index (χ1v) is 12.3. The van der Waals surface area contributed by atoms with Crippen LogP contribution in [-0.4, -0.2) is 62.3 Å². The molecule has 5 rings (SSSR count). The molecule has 2 aliphatic rings. The van der Waals surface area contributed by atoms with Gasteiger partial charge in [0.25, 0.3) is 0 Å². The molecular formula is C28H29F2N3O5. The topological polar surface area (TPSA) is 85.4 Å². The van der Waals surface area contributed by atoms with Crippen LogP contribution in [0.25, 0.3) is 16.7 Å². The minimum Gasteiger partial charge on any atom is -0.493 e. The molecule has 0 saturated carbocycles. The van der Waals surface area contributed by atoms with E-state index in [1.165, 1.54) is 25.3 Å². The predicted molar refractivity (Wildman–Crippen MR) is 139 cm³/mol. The van der Waals surface area contributed by atoms with E-state index in [4.69, 9.17) is 18.9 Å². The summed E-state index contributed by atoms with van der Waals surface area (Å²) in [5, 5.41) is 0.385. The second kappa shape index (κ2) is 10.4. The third-order valence-corrected chi connectivity index (χ3v) is 7.02. The standard InChI is InChI=1S/C28H29F2N3O5/c1-17-10-20-21(32-17)4-5-23(27(20)30)38-18(2)19-11-24(35-3)25(12-22(19)31-16-29)37-9-6-26(34)33-8-7-28(13-33)14-36-15-28/h4-5,10-12,16,32H,2,6-9,13-15H2,1,3H3. The Kier molecular flexibility index (Phi) is 7.07. The molecule has 1 spiro atoms. The molecule has 2 fully saturated rings. The molecule has 10 heteroatoms. The lowest BCUT2D eigenvalue weighted by atomic mass is 9.85. The molecule has 0 radical (unpaired) electrons. The lowest BCUT2D eigenvalue weighted by molar-refractivity contribution is -0.135. The minimum absolute atomic E-state index is 0.00440. The zero-order valence-electron chi connectivity index (χ0n) is 21.3. The Morgan fingerprint density at radius 3 is 2.76 bits per heavy atom. The number of aromatic nitrogens is 1. The molecule has 2 aliphatic heterocycles. The smallest absolute Gasteiger partial charge is 0.226 e. The SMILES string of the molecule is C=C(Oc1ccc2[nH]c(C)cc2c1F)c1cc(OC)c(OCCC(=O)N2CCC3(COC3)C2)cc1N=CF. The number of carbonyl (C=O) groups is 1. The molecule has 1 aromatic heterocycles. The Hall–Kier alpha value is -3.92. The average Bonchev–Trinajstić information content (AvgIpc) is 3.50. The molecule has 0 unspecified atom stereocenters. The van der Waals surface area contributed by atoms with Crippen molar-refractivity contribution in [2.45, 2.75) is 19.8 Å². The number of nitrogens with zero attached hydrogens (tertiary/aromatic N) is 2. The highest BCUT2D eigenvalue weighted by atomic mass is 19.1. The number of amides is 1.